The van der Waals surface area contributed by atoms with Gasteiger partial charge >= 0.3 is 0 Å². The van der Waals surface area contributed by atoms with Crippen LogP contribution >= 0.6 is 0 Å². The minimum atomic E-state index is -3.44. The van der Waals surface area contributed by atoms with Crippen LogP contribution in [0.5, 0.6) is 0 Å². The van der Waals surface area contributed by atoms with Crippen LogP contribution in [-0.2, 0) is 23.0 Å². The molecule has 0 radical (unpaired) electrons. The number of benzene rings is 2. The fourth-order valence-electron chi connectivity index (χ4n) is 2.58. The van der Waals surface area contributed by atoms with Crippen LogP contribution in [0.4, 0.5) is 0 Å². The highest BCUT2D eigenvalue weighted by molar-refractivity contribution is 7.89. The van der Waals surface area contributed by atoms with E-state index >= 15 is 0 Å². The Morgan fingerprint density at radius 1 is 1.00 bits per heavy atom. The average molecular weight is 389 g/mol. The van der Waals surface area contributed by atoms with Gasteiger partial charge in [0.25, 0.3) is 0 Å². The van der Waals surface area contributed by atoms with Crippen molar-refractivity contribution in [1.29, 1.82) is 0 Å². The van der Waals surface area contributed by atoms with E-state index in [4.69, 9.17) is 0 Å². The minimum Gasteiger partial charge on any atom is -0.357 e. The van der Waals surface area contributed by atoms with Crippen molar-refractivity contribution in [2.75, 3.05) is 20.1 Å². The highest BCUT2D eigenvalue weighted by Gasteiger charge is 2.11. The third-order valence-corrected chi connectivity index (χ3v) is 5.43. The summed E-state index contributed by atoms with van der Waals surface area (Å²) in [4.78, 5) is 4.81. The summed E-state index contributed by atoms with van der Waals surface area (Å²) in [6, 6.07) is 17.2. The zero-order chi connectivity index (χ0) is 19.5. The van der Waals surface area contributed by atoms with Gasteiger partial charge in [-0.3, -0.25) is 0 Å². The van der Waals surface area contributed by atoms with Gasteiger partial charge in [0.15, 0.2) is 5.96 Å². The molecule has 0 heterocycles. The lowest BCUT2D eigenvalue weighted by Crippen LogP contribution is -2.37. The van der Waals surface area contributed by atoms with E-state index in [1.807, 2.05) is 19.1 Å². The standard InChI is InChI=1S/C20H28N4O2S/c1-3-22-20(23-14-8-12-17-9-5-4-6-10-17)24-16-18-11-7-13-19(15-18)27(25,26)21-2/h4-7,9-11,13,15,21H,3,8,12,14,16H2,1-2H3,(H2,22,23,24). The zero-order valence-electron chi connectivity index (χ0n) is 15.9. The molecule has 6 nitrogen and oxygen atoms in total. The molecule has 0 amide bonds. The fraction of sp³-hybridized carbons (Fsp3) is 0.350. The maximum atomic E-state index is 11.9. The molecule has 0 saturated carbocycles. The molecule has 0 spiro atoms. The molecule has 27 heavy (non-hydrogen) atoms. The molecule has 0 aliphatic rings. The second-order valence-corrected chi connectivity index (χ2v) is 7.95. The minimum absolute atomic E-state index is 0.249. The number of sulfonamides is 1. The first kappa shape index (κ1) is 20.9. The Bertz CT molecular complexity index is 836. The molecule has 2 aromatic carbocycles. The van der Waals surface area contributed by atoms with Gasteiger partial charge in [0.2, 0.25) is 10.0 Å². The molecule has 0 aliphatic heterocycles. The molecule has 0 atom stereocenters. The van der Waals surface area contributed by atoms with E-state index < -0.39 is 10.0 Å². The van der Waals surface area contributed by atoms with Gasteiger partial charge in [0.05, 0.1) is 11.4 Å². The third kappa shape index (κ3) is 7.03. The summed E-state index contributed by atoms with van der Waals surface area (Å²) < 4.78 is 26.2. The van der Waals surface area contributed by atoms with Crippen molar-refractivity contribution in [2.24, 2.45) is 4.99 Å². The van der Waals surface area contributed by atoms with E-state index in [1.54, 1.807) is 18.2 Å². The Labute approximate surface area is 162 Å². The average Bonchev–Trinajstić information content (AvgIpc) is 2.70. The third-order valence-electron chi connectivity index (χ3n) is 4.02. The molecule has 0 bridgehead atoms. The molecular formula is C20H28N4O2S. The van der Waals surface area contributed by atoms with Gasteiger partial charge in [-0.15, -0.1) is 0 Å². The number of nitrogens with one attached hydrogen (secondary N) is 3. The molecule has 0 aliphatic carbocycles. The van der Waals surface area contributed by atoms with Gasteiger partial charge in [-0.2, -0.15) is 0 Å². The van der Waals surface area contributed by atoms with E-state index in [9.17, 15) is 8.42 Å². The number of aryl methyl sites for hydroxylation is 1. The summed E-state index contributed by atoms with van der Waals surface area (Å²) in [5, 5.41) is 6.54. The number of hydrogen-bond donors (Lipinski definition) is 3. The van der Waals surface area contributed by atoms with Crippen LogP contribution < -0.4 is 15.4 Å². The lowest BCUT2D eigenvalue weighted by molar-refractivity contribution is 0.588. The first-order valence-corrected chi connectivity index (χ1v) is 10.6. The second-order valence-electron chi connectivity index (χ2n) is 6.07. The summed E-state index contributed by atoms with van der Waals surface area (Å²) in [5.41, 5.74) is 2.16. The lowest BCUT2D eigenvalue weighted by Gasteiger charge is -2.11. The first-order valence-electron chi connectivity index (χ1n) is 9.13. The van der Waals surface area contributed by atoms with E-state index in [2.05, 4.69) is 44.6 Å². The van der Waals surface area contributed by atoms with Crippen molar-refractivity contribution >= 4 is 16.0 Å². The predicted octanol–water partition coefficient (Wildman–Crippen LogP) is 2.28. The smallest absolute Gasteiger partial charge is 0.240 e. The molecular weight excluding hydrogens is 360 g/mol. The van der Waals surface area contributed by atoms with Crippen molar-refractivity contribution in [3.8, 4) is 0 Å². The Balaban J connectivity index is 1.92. The van der Waals surface area contributed by atoms with Crippen LogP contribution in [0.25, 0.3) is 0 Å². The molecule has 2 rings (SSSR count). The van der Waals surface area contributed by atoms with Gasteiger partial charge in [-0.25, -0.2) is 18.1 Å². The van der Waals surface area contributed by atoms with Crippen molar-refractivity contribution in [1.82, 2.24) is 15.4 Å². The molecule has 3 N–H and O–H groups in total. The molecule has 0 unspecified atom stereocenters. The van der Waals surface area contributed by atoms with Crippen LogP contribution in [0.15, 0.2) is 64.5 Å². The molecule has 2 aromatic rings. The van der Waals surface area contributed by atoms with Gasteiger partial charge in [0.1, 0.15) is 0 Å². The monoisotopic (exact) mass is 388 g/mol. The number of rotatable bonds is 9. The maximum Gasteiger partial charge on any atom is 0.240 e. The second kappa shape index (κ2) is 10.7. The first-order chi connectivity index (χ1) is 13.0. The highest BCUT2D eigenvalue weighted by atomic mass is 32.2. The van der Waals surface area contributed by atoms with Gasteiger partial charge in [-0.05, 0) is 50.1 Å². The predicted molar refractivity (Wildman–Crippen MR) is 110 cm³/mol. The largest absolute Gasteiger partial charge is 0.357 e. The molecule has 0 fully saturated rings. The Hall–Kier alpha value is -2.38. The van der Waals surface area contributed by atoms with Crippen LogP contribution in [0.2, 0.25) is 0 Å². The molecule has 146 valence electrons. The van der Waals surface area contributed by atoms with Gasteiger partial charge in [0, 0.05) is 13.1 Å². The summed E-state index contributed by atoms with van der Waals surface area (Å²) in [5.74, 6) is 0.729. The summed E-state index contributed by atoms with van der Waals surface area (Å²) in [7, 11) is -2.04. The Morgan fingerprint density at radius 2 is 1.74 bits per heavy atom. The highest BCUT2D eigenvalue weighted by Crippen LogP contribution is 2.12. The SMILES string of the molecule is CCNC(=NCc1cccc(S(=O)(=O)NC)c1)NCCCc1ccccc1. The molecule has 0 aromatic heterocycles. The zero-order valence-corrected chi connectivity index (χ0v) is 16.7. The van der Waals surface area contributed by atoms with Crippen molar-refractivity contribution in [2.45, 2.75) is 31.2 Å². The Morgan fingerprint density at radius 3 is 2.44 bits per heavy atom. The van der Waals surface area contributed by atoms with Crippen LogP contribution in [0, 0.1) is 0 Å². The van der Waals surface area contributed by atoms with Crippen molar-refractivity contribution in [3.63, 3.8) is 0 Å². The topological polar surface area (TPSA) is 82.6 Å². The summed E-state index contributed by atoms with van der Waals surface area (Å²) >= 11 is 0. The molecule has 7 heteroatoms. The van der Waals surface area contributed by atoms with Crippen LogP contribution in [0.3, 0.4) is 0 Å². The quantitative estimate of drug-likeness (QED) is 0.350. The lowest BCUT2D eigenvalue weighted by atomic mass is 10.1. The van der Waals surface area contributed by atoms with Crippen molar-refractivity contribution in [3.05, 3.63) is 65.7 Å². The van der Waals surface area contributed by atoms with Crippen LogP contribution in [0.1, 0.15) is 24.5 Å². The van der Waals surface area contributed by atoms with E-state index in [0.29, 0.717) is 6.54 Å². The van der Waals surface area contributed by atoms with Gasteiger partial charge in [-0.1, -0.05) is 42.5 Å². The van der Waals surface area contributed by atoms with Crippen LogP contribution in [-0.4, -0.2) is 34.5 Å². The Kier molecular flexibility index (Phi) is 8.29. The number of nitrogens with zero attached hydrogens (tertiary/aromatic N) is 1. The summed E-state index contributed by atoms with van der Waals surface area (Å²) in [6.45, 7) is 4.00. The normalized spacial score (nSPS) is 12.0. The maximum absolute atomic E-state index is 11.9. The van der Waals surface area contributed by atoms with Gasteiger partial charge < -0.3 is 10.6 Å². The molecule has 0 saturated heterocycles. The number of guanidine groups is 1. The summed E-state index contributed by atoms with van der Waals surface area (Å²) in [6.07, 6.45) is 2.02. The van der Waals surface area contributed by atoms with E-state index in [-0.39, 0.29) is 4.90 Å². The number of aliphatic imine (C=N–C) groups is 1. The fourth-order valence-corrected chi connectivity index (χ4v) is 3.38. The van der Waals surface area contributed by atoms with E-state index in [0.717, 1.165) is 37.5 Å². The number of hydrogen-bond acceptors (Lipinski definition) is 3. The van der Waals surface area contributed by atoms with Crippen molar-refractivity contribution < 1.29 is 8.42 Å². The van der Waals surface area contributed by atoms with E-state index in [1.165, 1.54) is 12.6 Å².